The van der Waals surface area contributed by atoms with Gasteiger partial charge in [-0.05, 0) is 24.6 Å². The van der Waals surface area contributed by atoms with Gasteiger partial charge in [-0.15, -0.1) is 11.6 Å². The van der Waals surface area contributed by atoms with Gasteiger partial charge in [-0.3, -0.25) is 4.79 Å². The van der Waals surface area contributed by atoms with Crippen molar-refractivity contribution in [3.05, 3.63) is 29.3 Å². The largest absolute Gasteiger partial charge is 0.545 e. The monoisotopic (exact) mass is 298 g/mol. The highest BCUT2D eigenvalue weighted by molar-refractivity contribution is 6.30. The minimum Gasteiger partial charge on any atom is -0.545 e. The Morgan fingerprint density at radius 2 is 2.10 bits per heavy atom. The number of halogens is 1. The maximum atomic E-state index is 11.5. The van der Waals surface area contributed by atoms with Crippen molar-refractivity contribution >= 4 is 35.2 Å². The van der Waals surface area contributed by atoms with Crippen LogP contribution in [0.2, 0.25) is 0 Å². The van der Waals surface area contributed by atoms with Gasteiger partial charge < -0.3 is 26.1 Å². The van der Waals surface area contributed by atoms with E-state index in [1.807, 2.05) is 0 Å². The molecule has 0 heterocycles. The summed E-state index contributed by atoms with van der Waals surface area (Å²) in [5.41, 5.74) is 10.4. The number of carboxylic acids is 1. The standard InChI is InChI=1S/C12H14ClN3O4/c1-2-20-11(19)9(13)7-4-3-6(16-12(14)15)5-8(7)10(17)18/h3-5,9H,2H2,1H3,(H,17,18)(H4,14,15,16)/p-1/t9-/m0/s1. The lowest BCUT2D eigenvalue weighted by Crippen LogP contribution is -2.25. The van der Waals surface area contributed by atoms with E-state index >= 15 is 0 Å². The first-order chi connectivity index (χ1) is 9.36. The molecule has 0 spiro atoms. The molecule has 0 aliphatic heterocycles. The molecule has 1 aromatic carbocycles. The number of carboxylic acid groups (broad SMARTS) is 1. The van der Waals surface area contributed by atoms with Crippen LogP contribution in [-0.4, -0.2) is 24.5 Å². The molecule has 1 atom stereocenters. The van der Waals surface area contributed by atoms with E-state index in [0.29, 0.717) is 0 Å². The number of carbonyl (C=O) groups excluding carboxylic acids is 2. The van der Waals surface area contributed by atoms with Gasteiger partial charge >= 0.3 is 5.97 Å². The number of nitrogens with two attached hydrogens (primary N) is 2. The fourth-order valence-corrected chi connectivity index (χ4v) is 1.76. The van der Waals surface area contributed by atoms with Crippen molar-refractivity contribution in [1.82, 2.24) is 0 Å². The Balaban J connectivity index is 3.23. The van der Waals surface area contributed by atoms with Crippen molar-refractivity contribution in [3.63, 3.8) is 0 Å². The van der Waals surface area contributed by atoms with Gasteiger partial charge in [0.1, 0.15) is 0 Å². The van der Waals surface area contributed by atoms with E-state index in [4.69, 9.17) is 27.8 Å². The smallest absolute Gasteiger partial charge is 0.328 e. The number of hydrogen-bond donors (Lipinski definition) is 2. The van der Waals surface area contributed by atoms with Crippen molar-refractivity contribution in [1.29, 1.82) is 0 Å². The Morgan fingerprint density at radius 1 is 1.45 bits per heavy atom. The van der Waals surface area contributed by atoms with E-state index in [2.05, 4.69) is 4.99 Å². The Hall–Kier alpha value is -2.28. The molecule has 0 bridgehead atoms. The Bertz CT molecular complexity index is 556. The Labute approximate surface area is 120 Å². The van der Waals surface area contributed by atoms with Gasteiger partial charge in [0.05, 0.1) is 18.3 Å². The van der Waals surface area contributed by atoms with Crippen molar-refractivity contribution in [2.75, 3.05) is 6.61 Å². The summed E-state index contributed by atoms with van der Waals surface area (Å²) < 4.78 is 4.74. The van der Waals surface area contributed by atoms with Crippen LogP contribution in [0.3, 0.4) is 0 Å². The first kappa shape index (κ1) is 15.8. The summed E-state index contributed by atoms with van der Waals surface area (Å²) in [7, 11) is 0. The molecule has 1 aromatic rings. The van der Waals surface area contributed by atoms with E-state index in [-0.39, 0.29) is 29.4 Å². The van der Waals surface area contributed by atoms with E-state index in [0.717, 1.165) is 0 Å². The molecule has 7 nitrogen and oxygen atoms in total. The van der Waals surface area contributed by atoms with Crippen LogP contribution in [0.5, 0.6) is 0 Å². The van der Waals surface area contributed by atoms with Crippen LogP contribution >= 0.6 is 11.6 Å². The molecule has 0 radical (unpaired) electrons. The van der Waals surface area contributed by atoms with Crippen molar-refractivity contribution in [2.45, 2.75) is 12.3 Å². The molecule has 4 N–H and O–H groups in total. The number of carbonyl (C=O) groups is 2. The van der Waals surface area contributed by atoms with Crippen LogP contribution < -0.4 is 16.6 Å². The third-order valence-electron chi connectivity index (χ3n) is 2.28. The Kier molecular flexibility index (Phi) is 5.33. The van der Waals surface area contributed by atoms with E-state index in [1.165, 1.54) is 18.2 Å². The molecule has 0 aromatic heterocycles. The van der Waals surface area contributed by atoms with Gasteiger partial charge in [-0.2, -0.15) is 0 Å². The van der Waals surface area contributed by atoms with Crippen LogP contribution in [0.4, 0.5) is 5.69 Å². The molecule has 0 saturated heterocycles. The normalized spacial score (nSPS) is 11.5. The zero-order valence-electron chi connectivity index (χ0n) is 10.6. The molecule has 0 amide bonds. The number of guanidine groups is 1. The SMILES string of the molecule is CCOC(=O)[C@@H](Cl)c1ccc(N=C(N)N)cc1C(=O)[O-]. The fraction of sp³-hybridized carbons (Fsp3) is 0.250. The van der Waals surface area contributed by atoms with Crippen LogP contribution in [0.15, 0.2) is 23.2 Å². The topological polar surface area (TPSA) is 131 Å². The minimum atomic E-state index is -1.50. The van der Waals surface area contributed by atoms with Gasteiger partial charge in [0.25, 0.3) is 0 Å². The van der Waals surface area contributed by atoms with Gasteiger partial charge in [0.15, 0.2) is 11.3 Å². The molecule has 20 heavy (non-hydrogen) atoms. The molecular formula is C12H13ClN3O4-. The molecule has 0 aliphatic carbocycles. The lowest BCUT2D eigenvalue weighted by molar-refractivity contribution is -0.255. The number of aromatic carboxylic acids is 1. The molecule has 0 unspecified atom stereocenters. The number of rotatable bonds is 5. The molecule has 0 fully saturated rings. The summed E-state index contributed by atoms with van der Waals surface area (Å²) in [5.74, 6) is -2.47. The summed E-state index contributed by atoms with van der Waals surface area (Å²) in [6.07, 6.45) is 0. The summed E-state index contributed by atoms with van der Waals surface area (Å²) in [4.78, 5) is 26.4. The number of hydrogen-bond acceptors (Lipinski definition) is 5. The second kappa shape index (κ2) is 6.76. The van der Waals surface area contributed by atoms with Crippen molar-refractivity contribution < 1.29 is 19.4 Å². The number of benzene rings is 1. The van der Waals surface area contributed by atoms with E-state index in [9.17, 15) is 14.7 Å². The predicted octanol–water partition coefficient (Wildman–Crippen LogP) is -0.202. The van der Waals surface area contributed by atoms with Crippen LogP contribution in [0.25, 0.3) is 0 Å². The lowest BCUT2D eigenvalue weighted by Gasteiger charge is -2.15. The fourth-order valence-electron chi connectivity index (χ4n) is 1.50. The summed E-state index contributed by atoms with van der Waals surface area (Å²) in [5, 5.41) is 9.86. The highest BCUT2D eigenvalue weighted by atomic mass is 35.5. The third kappa shape index (κ3) is 3.86. The maximum absolute atomic E-state index is 11.5. The van der Waals surface area contributed by atoms with Crippen LogP contribution in [0.1, 0.15) is 28.2 Å². The maximum Gasteiger partial charge on any atom is 0.328 e. The first-order valence-electron chi connectivity index (χ1n) is 5.62. The predicted molar refractivity (Wildman–Crippen MR) is 71.5 cm³/mol. The molecule has 0 aliphatic rings. The van der Waals surface area contributed by atoms with Gasteiger partial charge in [0, 0.05) is 5.56 Å². The molecule has 8 heteroatoms. The molecule has 1 rings (SSSR count). The van der Waals surface area contributed by atoms with E-state index in [1.54, 1.807) is 6.92 Å². The number of ether oxygens (including phenoxy) is 1. The molecule has 0 saturated carbocycles. The summed E-state index contributed by atoms with van der Waals surface area (Å²) >= 11 is 5.89. The third-order valence-corrected chi connectivity index (χ3v) is 2.69. The van der Waals surface area contributed by atoms with Gasteiger partial charge in [-0.25, -0.2) is 4.99 Å². The summed E-state index contributed by atoms with van der Waals surface area (Å²) in [6.45, 7) is 1.75. The van der Waals surface area contributed by atoms with Crippen LogP contribution in [-0.2, 0) is 9.53 Å². The van der Waals surface area contributed by atoms with Gasteiger partial charge in [0.2, 0.25) is 0 Å². The average Bonchev–Trinajstić information content (AvgIpc) is 2.37. The van der Waals surface area contributed by atoms with Gasteiger partial charge in [-0.1, -0.05) is 6.07 Å². The zero-order chi connectivity index (χ0) is 15.3. The quantitative estimate of drug-likeness (QED) is 0.335. The Morgan fingerprint density at radius 3 is 2.60 bits per heavy atom. The summed E-state index contributed by atoms with van der Waals surface area (Å²) in [6, 6.07) is 3.93. The second-order valence-corrected chi connectivity index (χ2v) is 4.15. The highest BCUT2D eigenvalue weighted by Crippen LogP contribution is 2.28. The first-order valence-corrected chi connectivity index (χ1v) is 6.06. The minimum absolute atomic E-state index is 0.0552. The molecular weight excluding hydrogens is 286 g/mol. The number of alkyl halides is 1. The second-order valence-electron chi connectivity index (χ2n) is 3.71. The highest BCUT2D eigenvalue weighted by Gasteiger charge is 2.22. The van der Waals surface area contributed by atoms with Crippen molar-refractivity contribution in [3.8, 4) is 0 Å². The van der Waals surface area contributed by atoms with E-state index < -0.39 is 17.3 Å². The number of nitrogens with zero attached hydrogens (tertiary/aromatic N) is 1. The zero-order valence-corrected chi connectivity index (χ0v) is 11.4. The lowest BCUT2D eigenvalue weighted by atomic mass is 10.0. The molecule has 108 valence electrons. The number of aliphatic imine (C=N–C) groups is 1. The van der Waals surface area contributed by atoms with Crippen molar-refractivity contribution in [2.24, 2.45) is 16.5 Å². The average molecular weight is 299 g/mol. The van der Waals surface area contributed by atoms with Crippen LogP contribution in [0, 0.1) is 0 Å². The number of esters is 1.